The van der Waals surface area contributed by atoms with Crippen LogP contribution in [-0.2, 0) is 0 Å². The van der Waals surface area contributed by atoms with E-state index in [1.165, 1.54) is 32.5 Å². The third kappa shape index (κ3) is 2.46. The number of hydrogen-bond acceptors (Lipinski definition) is 2. The van der Waals surface area contributed by atoms with Crippen molar-refractivity contribution in [3.8, 4) is 0 Å². The van der Waals surface area contributed by atoms with E-state index in [1.54, 1.807) is 0 Å². The van der Waals surface area contributed by atoms with Gasteiger partial charge in [-0.3, -0.25) is 4.90 Å². The molecule has 0 spiro atoms. The lowest BCUT2D eigenvalue weighted by Crippen LogP contribution is -2.53. The van der Waals surface area contributed by atoms with Gasteiger partial charge in [-0.2, -0.15) is 0 Å². The van der Waals surface area contributed by atoms with Crippen molar-refractivity contribution >= 4 is 0 Å². The highest BCUT2D eigenvalue weighted by Gasteiger charge is 2.22. The average Bonchev–Trinajstić information content (AvgIpc) is 2.05. The molecule has 1 rings (SSSR count). The lowest BCUT2D eigenvalue weighted by atomic mass is 10.1. The average molecular weight is 170 g/mol. The first-order valence-corrected chi connectivity index (χ1v) is 5.22. The van der Waals surface area contributed by atoms with Crippen LogP contribution in [0, 0.1) is 0 Å². The highest BCUT2D eigenvalue weighted by molar-refractivity contribution is 4.81. The molecule has 0 aliphatic carbocycles. The third-order valence-corrected chi connectivity index (χ3v) is 2.68. The zero-order chi connectivity index (χ0) is 8.97. The first-order chi connectivity index (χ1) is 5.75. The number of hydrogen-bond donors (Lipinski definition) is 1. The van der Waals surface area contributed by atoms with E-state index in [2.05, 4.69) is 31.0 Å². The number of piperazine rings is 1. The molecule has 0 amide bonds. The Kier molecular flexibility index (Phi) is 4.02. The Morgan fingerprint density at radius 3 is 2.83 bits per heavy atom. The maximum absolute atomic E-state index is 3.46. The molecule has 1 aliphatic heterocycles. The fourth-order valence-electron chi connectivity index (χ4n) is 2.06. The van der Waals surface area contributed by atoms with Gasteiger partial charge >= 0.3 is 0 Å². The topological polar surface area (TPSA) is 15.3 Å². The van der Waals surface area contributed by atoms with Crippen LogP contribution < -0.4 is 5.32 Å². The molecular formula is C10H22N2. The number of rotatable bonds is 3. The molecule has 0 saturated carbocycles. The van der Waals surface area contributed by atoms with Gasteiger partial charge in [0.1, 0.15) is 0 Å². The molecule has 0 aromatic carbocycles. The maximum Gasteiger partial charge on any atom is 0.0223 e. The molecule has 0 unspecified atom stereocenters. The van der Waals surface area contributed by atoms with Crippen molar-refractivity contribution in [3.63, 3.8) is 0 Å². The van der Waals surface area contributed by atoms with Crippen LogP contribution in [-0.4, -0.2) is 36.6 Å². The summed E-state index contributed by atoms with van der Waals surface area (Å²) >= 11 is 0. The van der Waals surface area contributed by atoms with Crippen molar-refractivity contribution in [1.29, 1.82) is 0 Å². The van der Waals surface area contributed by atoms with E-state index in [0.29, 0.717) is 6.04 Å². The van der Waals surface area contributed by atoms with Crippen molar-refractivity contribution in [2.24, 2.45) is 0 Å². The van der Waals surface area contributed by atoms with Gasteiger partial charge in [0.15, 0.2) is 0 Å². The molecule has 1 aliphatic rings. The Labute approximate surface area is 76.3 Å². The normalized spacial score (nSPS) is 26.5. The van der Waals surface area contributed by atoms with E-state index in [4.69, 9.17) is 0 Å². The van der Waals surface area contributed by atoms with Gasteiger partial charge in [0.25, 0.3) is 0 Å². The first-order valence-electron chi connectivity index (χ1n) is 5.22. The Bertz CT molecular complexity index is 121. The quantitative estimate of drug-likeness (QED) is 0.690. The van der Waals surface area contributed by atoms with Crippen LogP contribution in [0.2, 0.25) is 0 Å². The van der Waals surface area contributed by atoms with E-state index < -0.39 is 0 Å². The summed E-state index contributed by atoms with van der Waals surface area (Å²) in [5, 5.41) is 3.46. The molecule has 2 nitrogen and oxygen atoms in total. The van der Waals surface area contributed by atoms with Gasteiger partial charge in [-0.25, -0.2) is 0 Å². The zero-order valence-electron chi connectivity index (χ0n) is 8.64. The van der Waals surface area contributed by atoms with E-state index >= 15 is 0 Å². The largest absolute Gasteiger partial charge is 0.314 e. The summed E-state index contributed by atoms with van der Waals surface area (Å²) in [5.74, 6) is 0. The molecule has 1 fully saturated rings. The molecule has 0 aromatic rings. The summed E-state index contributed by atoms with van der Waals surface area (Å²) in [6.45, 7) is 10.4. The van der Waals surface area contributed by atoms with Gasteiger partial charge in [0.2, 0.25) is 0 Å². The Balaban J connectivity index is 2.42. The number of nitrogens with zero attached hydrogens (tertiary/aromatic N) is 1. The van der Waals surface area contributed by atoms with Crippen LogP contribution in [0.5, 0.6) is 0 Å². The number of nitrogens with one attached hydrogen (secondary N) is 1. The molecule has 1 N–H and O–H groups in total. The summed E-state index contributed by atoms with van der Waals surface area (Å²) in [6, 6.07) is 1.49. The first kappa shape index (κ1) is 10.0. The van der Waals surface area contributed by atoms with E-state index in [0.717, 1.165) is 6.04 Å². The highest BCUT2D eigenvalue weighted by Crippen LogP contribution is 2.12. The Hall–Kier alpha value is -0.0800. The summed E-state index contributed by atoms with van der Waals surface area (Å²) in [6.07, 6.45) is 2.64. The summed E-state index contributed by atoms with van der Waals surface area (Å²) in [7, 11) is 0. The minimum Gasteiger partial charge on any atom is -0.314 e. The molecule has 0 bridgehead atoms. The van der Waals surface area contributed by atoms with Crippen LogP contribution in [0.1, 0.15) is 33.6 Å². The van der Waals surface area contributed by atoms with Gasteiger partial charge in [-0.1, -0.05) is 13.3 Å². The second-order valence-electron chi connectivity index (χ2n) is 3.98. The van der Waals surface area contributed by atoms with Crippen molar-refractivity contribution in [1.82, 2.24) is 10.2 Å². The van der Waals surface area contributed by atoms with Crippen LogP contribution >= 0.6 is 0 Å². The summed E-state index contributed by atoms with van der Waals surface area (Å²) < 4.78 is 0. The van der Waals surface area contributed by atoms with E-state index in [1.807, 2.05) is 0 Å². The van der Waals surface area contributed by atoms with Gasteiger partial charge in [0.05, 0.1) is 0 Å². The minimum atomic E-state index is 0.712. The maximum atomic E-state index is 3.46. The fourth-order valence-corrected chi connectivity index (χ4v) is 2.06. The summed E-state index contributed by atoms with van der Waals surface area (Å²) in [4.78, 5) is 2.62. The van der Waals surface area contributed by atoms with Crippen molar-refractivity contribution < 1.29 is 0 Å². The smallest absolute Gasteiger partial charge is 0.0223 e. The predicted octanol–water partition coefficient (Wildman–Crippen LogP) is 1.47. The van der Waals surface area contributed by atoms with Gasteiger partial charge in [-0.15, -0.1) is 0 Å². The molecule has 72 valence electrons. The second kappa shape index (κ2) is 4.83. The molecule has 1 saturated heterocycles. The monoisotopic (exact) mass is 170 g/mol. The third-order valence-electron chi connectivity index (χ3n) is 2.68. The van der Waals surface area contributed by atoms with Crippen molar-refractivity contribution in [2.75, 3.05) is 19.6 Å². The van der Waals surface area contributed by atoms with Crippen molar-refractivity contribution in [3.05, 3.63) is 0 Å². The van der Waals surface area contributed by atoms with Crippen molar-refractivity contribution in [2.45, 2.75) is 45.7 Å². The van der Waals surface area contributed by atoms with E-state index in [-0.39, 0.29) is 0 Å². The lowest BCUT2D eigenvalue weighted by molar-refractivity contribution is 0.116. The van der Waals surface area contributed by atoms with Crippen LogP contribution in [0.4, 0.5) is 0 Å². The van der Waals surface area contributed by atoms with Crippen LogP contribution in [0.25, 0.3) is 0 Å². The van der Waals surface area contributed by atoms with Gasteiger partial charge in [-0.05, 0) is 20.3 Å². The predicted molar refractivity (Wildman–Crippen MR) is 53.4 cm³/mol. The SMILES string of the molecule is CCC[C@@H]1CNCCN1C(C)C. The standard InChI is InChI=1S/C10H22N2/c1-4-5-10-8-11-6-7-12(10)9(2)3/h9-11H,4-8H2,1-3H3/t10-/m1/s1. The Morgan fingerprint density at radius 1 is 1.50 bits per heavy atom. The zero-order valence-corrected chi connectivity index (χ0v) is 8.64. The highest BCUT2D eigenvalue weighted by atomic mass is 15.2. The van der Waals surface area contributed by atoms with Crippen LogP contribution in [0.3, 0.4) is 0 Å². The minimum absolute atomic E-state index is 0.712. The Morgan fingerprint density at radius 2 is 2.25 bits per heavy atom. The molecule has 2 heteroatoms. The van der Waals surface area contributed by atoms with E-state index in [9.17, 15) is 0 Å². The summed E-state index contributed by atoms with van der Waals surface area (Å²) in [5.41, 5.74) is 0. The molecule has 0 aromatic heterocycles. The van der Waals surface area contributed by atoms with Crippen LogP contribution in [0.15, 0.2) is 0 Å². The second-order valence-corrected chi connectivity index (χ2v) is 3.98. The van der Waals surface area contributed by atoms with Gasteiger partial charge in [0, 0.05) is 31.7 Å². The molecule has 12 heavy (non-hydrogen) atoms. The fraction of sp³-hybridized carbons (Fsp3) is 1.00. The molecular weight excluding hydrogens is 148 g/mol. The molecule has 0 radical (unpaired) electrons. The lowest BCUT2D eigenvalue weighted by Gasteiger charge is -2.39. The molecule has 1 atom stereocenters. The molecule has 1 heterocycles. The van der Waals surface area contributed by atoms with Gasteiger partial charge < -0.3 is 5.32 Å².